The van der Waals surface area contributed by atoms with Crippen molar-refractivity contribution in [2.45, 2.75) is 18.0 Å². The summed E-state index contributed by atoms with van der Waals surface area (Å²) in [5.41, 5.74) is -0.0950. The number of hydrogen-bond acceptors (Lipinski definition) is 4. The smallest absolute Gasteiger partial charge is 0.311 e. The lowest BCUT2D eigenvalue weighted by Crippen LogP contribution is -2.04. The predicted molar refractivity (Wildman–Crippen MR) is 62.7 cm³/mol. The van der Waals surface area contributed by atoms with E-state index in [1.165, 1.54) is 26.4 Å². The number of halogens is 3. The molecule has 19 heavy (non-hydrogen) atoms. The third kappa shape index (κ3) is 2.84. The van der Waals surface area contributed by atoms with Crippen LogP contribution >= 0.6 is 7.60 Å². The van der Waals surface area contributed by atoms with Crippen molar-refractivity contribution in [3.8, 4) is 0 Å². The molecule has 1 N–H and O–H groups in total. The summed E-state index contributed by atoms with van der Waals surface area (Å²) in [7, 11) is -0.697. The Labute approximate surface area is 108 Å². The quantitative estimate of drug-likeness (QED) is 0.684. The van der Waals surface area contributed by atoms with Gasteiger partial charge in [-0.1, -0.05) is 12.1 Å². The van der Waals surface area contributed by atoms with Gasteiger partial charge in [0.15, 0.2) is 0 Å². The summed E-state index contributed by atoms with van der Waals surface area (Å²) in [4.78, 5) is 0. The summed E-state index contributed by atoms with van der Waals surface area (Å²) < 4.78 is 58.9. The SMILES string of the molecule is COP(=O)(OC)[C@@H]1N[C@H]1c1ccc(C(F)(F)F)cc1. The molecule has 0 amide bonds. The topological polar surface area (TPSA) is 57.5 Å². The van der Waals surface area contributed by atoms with Crippen LogP contribution in [0.2, 0.25) is 0 Å². The first kappa shape index (κ1) is 14.5. The highest BCUT2D eigenvalue weighted by molar-refractivity contribution is 7.55. The van der Waals surface area contributed by atoms with Gasteiger partial charge in [0.05, 0.1) is 11.6 Å². The van der Waals surface area contributed by atoms with Crippen LogP contribution in [0, 0.1) is 0 Å². The van der Waals surface area contributed by atoms with Crippen LogP contribution in [0.5, 0.6) is 0 Å². The molecule has 1 aliphatic heterocycles. The zero-order valence-corrected chi connectivity index (χ0v) is 11.2. The van der Waals surface area contributed by atoms with Crippen LogP contribution in [-0.2, 0) is 19.8 Å². The highest BCUT2D eigenvalue weighted by Gasteiger charge is 2.52. The van der Waals surface area contributed by atoms with Crippen molar-refractivity contribution in [3.05, 3.63) is 35.4 Å². The van der Waals surface area contributed by atoms with E-state index in [9.17, 15) is 17.7 Å². The van der Waals surface area contributed by atoms with Gasteiger partial charge < -0.3 is 9.05 Å². The number of hydrogen-bond donors (Lipinski definition) is 1. The fourth-order valence-electron chi connectivity index (χ4n) is 1.86. The van der Waals surface area contributed by atoms with Gasteiger partial charge in [0, 0.05) is 14.2 Å². The first-order valence-electron chi connectivity index (χ1n) is 5.46. The Balaban J connectivity index is 2.12. The first-order valence-corrected chi connectivity index (χ1v) is 7.07. The second kappa shape index (κ2) is 4.90. The Kier molecular flexibility index (Phi) is 3.75. The molecular formula is C11H13F3NO3P. The minimum Gasteiger partial charge on any atom is -0.311 e. The zero-order chi connectivity index (χ0) is 14.3. The Morgan fingerprint density at radius 2 is 1.68 bits per heavy atom. The second-order valence-corrected chi connectivity index (χ2v) is 6.48. The predicted octanol–water partition coefficient (Wildman–Crippen LogP) is 3.16. The Bertz CT molecular complexity index is 495. The van der Waals surface area contributed by atoms with Crippen LogP contribution in [-0.4, -0.2) is 20.0 Å². The van der Waals surface area contributed by atoms with Gasteiger partial charge in [-0.2, -0.15) is 13.2 Å². The van der Waals surface area contributed by atoms with Crippen LogP contribution in [0.15, 0.2) is 24.3 Å². The summed E-state index contributed by atoms with van der Waals surface area (Å²) in [6, 6.07) is 4.40. The molecule has 1 aromatic carbocycles. The molecule has 4 nitrogen and oxygen atoms in total. The minimum atomic E-state index is -4.36. The number of rotatable bonds is 4. The van der Waals surface area contributed by atoms with Gasteiger partial charge in [0.25, 0.3) is 0 Å². The van der Waals surface area contributed by atoms with E-state index in [2.05, 4.69) is 5.32 Å². The molecule has 0 spiro atoms. The molecule has 2 atom stereocenters. The Hall–Kier alpha value is -0.880. The van der Waals surface area contributed by atoms with E-state index in [0.29, 0.717) is 5.56 Å². The average Bonchev–Trinajstić information content (AvgIpc) is 3.18. The van der Waals surface area contributed by atoms with Gasteiger partial charge in [-0.05, 0) is 17.7 Å². The molecule has 8 heteroatoms. The lowest BCUT2D eigenvalue weighted by Gasteiger charge is -2.12. The molecule has 106 valence electrons. The van der Waals surface area contributed by atoms with Gasteiger partial charge in [-0.3, -0.25) is 9.88 Å². The molecule has 0 bridgehead atoms. The Morgan fingerprint density at radius 1 is 1.16 bits per heavy atom. The summed E-state index contributed by atoms with van der Waals surface area (Å²) >= 11 is 0. The molecule has 1 fully saturated rings. The van der Waals surface area contributed by atoms with Crippen LogP contribution < -0.4 is 5.32 Å². The van der Waals surface area contributed by atoms with E-state index >= 15 is 0 Å². The monoisotopic (exact) mass is 295 g/mol. The van der Waals surface area contributed by atoms with Crippen molar-refractivity contribution in [1.29, 1.82) is 0 Å². The van der Waals surface area contributed by atoms with Crippen molar-refractivity contribution in [2.24, 2.45) is 0 Å². The third-order valence-corrected chi connectivity index (χ3v) is 5.15. The molecule has 1 aliphatic rings. The fraction of sp³-hybridized carbons (Fsp3) is 0.455. The van der Waals surface area contributed by atoms with E-state index in [4.69, 9.17) is 9.05 Å². The van der Waals surface area contributed by atoms with Crippen LogP contribution in [0.4, 0.5) is 13.2 Å². The molecule has 0 radical (unpaired) electrons. The minimum absolute atomic E-state index is 0.312. The largest absolute Gasteiger partial charge is 0.416 e. The van der Waals surface area contributed by atoms with Crippen molar-refractivity contribution < 1.29 is 26.8 Å². The highest BCUT2D eigenvalue weighted by atomic mass is 31.2. The Morgan fingerprint density at radius 3 is 2.11 bits per heavy atom. The molecule has 0 aromatic heterocycles. The normalized spacial score (nSPS) is 23.4. The molecule has 2 rings (SSSR count). The van der Waals surface area contributed by atoms with Gasteiger partial charge in [-0.25, -0.2) is 0 Å². The van der Waals surface area contributed by atoms with E-state index in [-0.39, 0.29) is 6.04 Å². The van der Waals surface area contributed by atoms with Crippen LogP contribution in [0.25, 0.3) is 0 Å². The van der Waals surface area contributed by atoms with Crippen LogP contribution in [0.1, 0.15) is 17.2 Å². The van der Waals surface area contributed by atoms with Gasteiger partial charge in [0.1, 0.15) is 5.78 Å². The summed E-state index contributed by atoms with van der Waals surface area (Å²) in [5, 5.41) is 2.89. The lowest BCUT2D eigenvalue weighted by atomic mass is 10.1. The van der Waals surface area contributed by atoms with E-state index in [0.717, 1.165) is 12.1 Å². The number of alkyl halides is 3. The van der Waals surface area contributed by atoms with Gasteiger partial charge in [0.2, 0.25) is 0 Å². The summed E-state index contributed by atoms with van der Waals surface area (Å²) in [5.74, 6) is -0.515. The van der Waals surface area contributed by atoms with E-state index in [1.54, 1.807) is 0 Å². The first-order chi connectivity index (χ1) is 8.81. The molecule has 0 saturated carbocycles. The molecule has 1 aromatic rings. The fourth-order valence-corrected chi connectivity index (χ4v) is 3.35. The molecule has 0 unspecified atom stereocenters. The third-order valence-electron chi connectivity index (χ3n) is 3.00. The summed E-state index contributed by atoms with van der Waals surface area (Å²) in [6.45, 7) is 0. The maximum Gasteiger partial charge on any atom is 0.416 e. The maximum absolute atomic E-state index is 12.4. The molecule has 1 heterocycles. The standard InChI is InChI=1S/C11H13F3NO3P/c1-17-19(16,18-2)10-9(15-10)7-3-5-8(6-4-7)11(12,13)14/h3-6,9-10,15H,1-2H3/t9-,10-/m0/s1. The van der Waals surface area contributed by atoms with Gasteiger partial charge >= 0.3 is 13.8 Å². The number of nitrogens with one attached hydrogen (secondary N) is 1. The van der Waals surface area contributed by atoms with E-state index in [1.807, 2.05) is 0 Å². The second-order valence-electron chi connectivity index (χ2n) is 4.11. The van der Waals surface area contributed by atoms with Crippen molar-refractivity contribution in [1.82, 2.24) is 5.32 Å². The maximum atomic E-state index is 12.4. The van der Waals surface area contributed by atoms with Gasteiger partial charge in [-0.15, -0.1) is 0 Å². The molecular weight excluding hydrogens is 282 g/mol. The van der Waals surface area contributed by atoms with Crippen molar-refractivity contribution in [3.63, 3.8) is 0 Å². The van der Waals surface area contributed by atoms with E-state index < -0.39 is 25.1 Å². The highest BCUT2D eigenvalue weighted by Crippen LogP contribution is 2.60. The molecule has 0 aliphatic carbocycles. The number of benzene rings is 1. The van der Waals surface area contributed by atoms with Crippen molar-refractivity contribution in [2.75, 3.05) is 14.2 Å². The zero-order valence-electron chi connectivity index (χ0n) is 10.3. The molecule has 1 saturated heterocycles. The summed E-state index contributed by atoms with van der Waals surface area (Å²) in [6.07, 6.45) is -4.36. The average molecular weight is 295 g/mol. The lowest BCUT2D eigenvalue weighted by molar-refractivity contribution is -0.137. The van der Waals surface area contributed by atoms with Crippen LogP contribution in [0.3, 0.4) is 0 Å². The van der Waals surface area contributed by atoms with Crippen molar-refractivity contribution >= 4 is 7.60 Å².